The van der Waals surface area contributed by atoms with Crippen molar-refractivity contribution >= 4 is 0 Å². The largest absolute Gasteiger partial charge is 0.497 e. The van der Waals surface area contributed by atoms with Crippen LogP contribution in [0, 0.1) is 0 Å². The highest BCUT2D eigenvalue weighted by atomic mass is 16.5. The van der Waals surface area contributed by atoms with Crippen LogP contribution < -0.4 is 10.1 Å². The standard InChI is InChI=1S/C12H14N2O2/c1-13-12(11-7-14-8-16-11)9-3-5-10(15-2)6-4-9/h3-8,12-13H,1-2H3. The Balaban J connectivity index is 2.27. The summed E-state index contributed by atoms with van der Waals surface area (Å²) in [7, 11) is 3.54. The van der Waals surface area contributed by atoms with Crippen LogP contribution in [0.25, 0.3) is 0 Å². The van der Waals surface area contributed by atoms with Crippen molar-refractivity contribution in [2.75, 3.05) is 14.2 Å². The first-order valence-electron chi connectivity index (χ1n) is 5.04. The van der Waals surface area contributed by atoms with Crippen molar-refractivity contribution in [1.82, 2.24) is 10.3 Å². The van der Waals surface area contributed by atoms with Gasteiger partial charge in [0.25, 0.3) is 0 Å². The second kappa shape index (κ2) is 4.81. The average molecular weight is 218 g/mol. The maximum Gasteiger partial charge on any atom is 0.180 e. The number of rotatable bonds is 4. The number of nitrogens with zero attached hydrogens (tertiary/aromatic N) is 1. The second-order valence-electron chi connectivity index (χ2n) is 3.40. The highest BCUT2D eigenvalue weighted by Crippen LogP contribution is 2.23. The molecule has 0 bridgehead atoms. The van der Waals surface area contributed by atoms with Crippen molar-refractivity contribution in [3.05, 3.63) is 48.2 Å². The lowest BCUT2D eigenvalue weighted by Crippen LogP contribution is -2.16. The van der Waals surface area contributed by atoms with Crippen LogP contribution >= 0.6 is 0 Å². The van der Waals surface area contributed by atoms with Gasteiger partial charge in [0.2, 0.25) is 0 Å². The molecule has 1 atom stereocenters. The van der Waals surface area contributed by atoms with Gasteiger partial charge in [0.05, 0.1) is 19.3 Å². The molecule has 0 spiro atoms. The molecule has 1 aromatic heterocycles. The number of oxazole rings is 1. The Bertz CT molecular complexity index is 423. The van der Waals surface area contributed by atoms with Gasteiger partial charge in [0.15, 0.2) is 6.39 Å². The summed E-state index contributed by atoms with van der Waals surface area (Å²) < 4.78 is 10.4. The third-order valence-electron chi connectivity index (χ3n) is 2.47. The van der Waals surface area contributed by atoms with Crippen LogP contribution in [0.1, 0.15) is 17.4 Å². The minimum Gasteiger partial charge on any atom is -0.497 e. The highest BCUT2D eigenvalue weighted by Gasteiger charge is 2.14. The molecule has 0 saturated carbocycles. The third kappa shape index (κ3) is 2.06. The van der Waals surface area contributed by atoms with E-state index in [0.717, 1.165) is 17.1 Å². The molecule has 1 N–H and O–H groups in total. The zero-order valence-electron chi connectivity index (χ0n) is 9.31. The topological polar surface area (TPSA) is 47.3 Å². The summed E-state index contributed by atoms with van der Waals surface area (Å²) in [5, 5.41) is 3.18. The van der Waals surface area contributed by atoms with Gasteiger partial charge < -0.3 is 14.5 Å². The normalized spacial score (nSPS) is 12.4. The molecule has 0 fully saturated rings. The number of ether oxygens (including phenoxy) is 1. The molecule has 0 saturated heterocycles. The van der Waals surface area contributed by atoms with Gasteiger partial charge in [-0.25, -0.2) is 4.98 Å². The summed E-state index contributed by atoms with van der Waals surface area (Å²) >= 11 is 0. The first kappa shape index (κ1) is 10.7. The van der Waals surface area contributed by atoms with Crippen LogP contribution in [-0.4, -0.2) is 19.1 Å². The molecular formula is C12H14N2O2. The van der Waals surface area contributed by atoms with Gasteiger partial charge in [0.1, 0.15) is 11.5 Å². The van der Waals surface area contributed by atoms with E-state index < -0.39 is 0 Å². The van der Waals surface area contributed by atoms with Gasteiger partial charge in [-0.2, -0.15) is 0 Å². The van der Waals surface area contributed by atoms with E-state index in [1.54, 1.807) is 13.3 Å². The predicted molar refractivity (Wildman–Crippen MR) is 60.4 cm³/mol. The fourth-order valence-electron chi connectivity index (χ4n) is 1.64. The molecule has 1 heterocycles. The van der Waals surface area contributed by atoms with Crippen molar-refractivity contribution in [3.8, 4) is 5.75 Å². The summed E-state index contributed by atoms with van der Waals surface area (Å²) in [5.74, 6) is 1.64. The van der Waals surface area contributed by atoms with E-state index in [1.807, 2.05) is 31.3 Å². The van der Waals surface area contributed by atoms with Crippen molar-refractivity contribution in [3.63, 3.8) is 0 Å². The summed E-state index contributed by atoms with van der Waals surface area (Å²) in [5.41, 5.74) is 1.11. The van der Waals surface area contributed by atoms with E-state index in [1.165, 1.54) is 6.39 Å². The molecule has 1 unspecified atom stereocenters. The number of methoxy groups -OCH3 is 1. The van der Waals surface area contributed by atoms with Crippen LogP contribution in [-0.2, 0) is 0 Å². The van der Waals surface area contributed by atoms with Gasteiger partial charge in [-0.05, 0) is 24.7 Å². The first-order chi connectivity index (χ1) is 7.85. The lowest BCUT2D eigenvalue weighted by atomic mass is 10.1. The third-order valence-corrected chi connectivity index (χ3v) is 2.47. The molecule has 4 nitrogen and oxygen atoms in total. The summed E-state index contributed by atoms with van der Waals surface area (Å²) in [6.45, 7) is 0. The summed E-state index contributed by atoms with van der Waals surface area (Å²) in [6.07, 6.45) is 3.15. The molecule has 2 rings (SSSR count). The fourth-order valence-corrected chi connectivity index (χ4v) is 1.64. The Morgan fingerprint density at radius 1 is 1.31 bits per heavy atom. The Morgan fingerprint density at radius 3 is 2.56 bits per heavy atom. The fraction of sp³-hybridized carbons (Fsp3) is 0.250. The molecule has 4 heteroatoms. The van der Waals surface area contributed by atoms with Crippen LogP contribution in [0.2, 0.25) is 0 Å². The lowest BCUT2D eigenvalue weighted by Gasteiger charge is -2.13. The van der Waals surface area contributed by atoms with Crippen molar-refractivity contribution in [1.29, 1.82) is 0 Å². The second-order valence-corrected chi connectivity index (χ2v) is 3.40. The van der Waals surface area contributed by atoms with E-state index in [2.05, 4.69) is 10.3 Å². The maximum atomic E-state index is 5.29. The number of hydrogen-bond donors (Lipinski definition) is 1. The maximum absolute atomic E-state index is 5.29. The van der Waals surface area contributed by atoms with E-state index in [0.29, 0.717) is 0 Å². The van der Waals surface area contributed by atoms with Gasteiger partial charge in [-0.1, -0.05) is 12.1 Å². The molecule has 0 aliphatic heterocycles. The van der Waals surface area contributed by atoms with Crippen LogP contribution in [0.5, 0.6) is 5.75 Å². The molecule has 2 aromatic rings. The Morgan fingerprint density at radius 2 is 2.06 bits per heavy atom. The Kier molecular flexibility index (Phi) is 3.22. The summed E-state index contributed by atoms with van der Waals surface area (Å²) in [4.78, 5) is 3.92. The zero-order valence-corrected chi connectivity index (χ0v) is 9.31. The van der Waals surface area contributed by atoms with Crippen LogP contribution in [0.3, 0.4) is 0 Å². The molecule has 1 aromatic carbocycles. The zero-order chi connectivity index (χ0) is 11.4. The SMILES string of the molecule is CNC(c1ccc(OC)cc1)c1cnco1. The van der Waals surface area contributed by atoms with Gasteiger partial charge in [-0.3, -0.25) is 0 Å². The molecular weight excluding hydrogens is 204 g/mol. The van der Waals surface area contributed by atoms with E-state index >= 15 is 0 Å². The number of benzene rings is 1. The molecule has 0 radical (unpaired) electrons. The first-order valence-corrected chi connectivity index (χ1v) is 5.04. The lowest BCUT2D eigenvalue weighted by molar-refractivity contribution is 0.414. The summed E-state index contributed by atoms with van der Waals surface area (Å²) in [6, 6.07) is 7.88. The van der Waals surface area contributed by atoms with E-state index in [-0.39, 0.29) is 6.04 Å². The monoisotopic (exact) mass is 218 g/mol. The minimum absolute atomic E-state index is 0.0217. The van der Waals surface area contributed by atoms with Crippen molar-refractivity contribution in [2.24, 2.45) is 0 Å². The highest BCUT2D eigenvalue weighted by molar-refractivity contribution is 5.32. The number of nitrogens with one attached hydrogen (secondary N) is 1. The molecule has 0 amide bonds. The smallest absolute Gasteiger partial charge is 0.180 e. The van der Waals surface area contributed by atoms with Gasteiger partial charge >= 0.3 is 0 Å². The number of aromatic nitrogens is 1. The van der Waals surface area contributed by atoms with Crippen molar-refractivity contribution in [2.45, 2.75) is 6.04 Å². The molecule has 0 aliphatic rings. The Labute approximate surface area is 94.3 Å². The van der Waals surface area contributed by atoms with E-state index in [4.69, 9.17) is 9.15 Å². The quantitative estimate of drug-likeness (QED) is 0.852. The van der Waals surface area contributed by atoms with Gasteiger partial charge in [0, 0.05) is 0 Å². The van der Waals surface area contributed by atoms with Crippen molar-refractivity contribution < 1.29 is 9.15 Å². The number of hydrogen-bond acceptors (Lipinski definition) is 4. The molecule has 16 heavy (non-hydrogen) atoms. The minimum atomic E-state index is 0.0217. The Hall–Kier alpha value is -1.81. The predicted octanol–water partition coefficient (Wildman–Crippen LogP) is 1.99. The molecule has 0 aliphatic carbocycles. The van der Waals surface area contributed by atoms with Gasteiger partial charge in [-0.15, -0.1) is 0 Å². The average Bonchev–Trinajstić information content (AvgIpc) is 2.85. The van der Waals surface area contributed by atoms with Crippen LogP contribution in [0.4, 0.5) is 0 Å². The van der Waals surface area contributed by atoms with Crippen LogP contribution in [0.15, 0.2) is 41.3 Å². The molecule has 84 valence electrons. The van der Waals surface area contributed by atoms with E-state index in [9.17, 15) is 0 Å².